The van der Waals surface area contributed by atoms with Crippen LogP contribution in [0.25, 0.3) is 11.1 Å². The van der Waals surface area contributed by atoms with Gasteiger partial charge >= 0.3 is 0 Å². The van der Waals surface area contributed by atoms with Gasteiger partial charge in [-0.1, -0.05) is 30.2 Å². The van der Waals surface area contributed by atoms with Gasteiger partial charge in [0.15, 0.2) is 0 Å². The molecule has 0 amide bonds. The van der Waals surface area contributed by atoms with Gasteiger partial charge in [-0.2, -0.15) is 0 Å². The van der Waals surface area contributed by atoms with E-state index in [2.05, 4.69) is 71.5 Å². The Hall–Kier alpha value is -4.16. The minimum atomic E-state index is 0.823. The van der Waals surface area contributed by atoms with Crippen LogP contribution in [0, 0.1) is 12.3 Å². The van der Waals surface area contributed by atoms with Crippen molar-refractivity contribution in [3.8, 4) is 35.0 Å². The standard InChI is InChI=1S/C28H23NO2/c1-4-21-5-7-22(8-6-21)23-9-11-24(12-10-23)29(25-13-17-27(30-2)18-14-25)26-15-19-28(31-3)20-16-26/h1,5-20H,2-3H3. The number of nitrogens with zero attached hydrogens (tertiary/aromatic N) is 1. The molecule has 0 fully saturated rings. The predicted molar refractivity (Wildman–Crippen MR) is 128 cm³/mol. The Balaban J connectivity index is 1.72. The lowest BCUT2D eigenvalue weighted by Gasteiger charge is -2.26. The first-order valence-corrected chi connectivity index (χ1v) is 9.97. The van der Waals surface area contributed by atoms with Gasteiger partial charge in [-0.25, -0.2) is 0 Å². The fourth-order valence-corrected chi connectivity index (χ4v) is 3.47. The summed E-state index contributed by atoms with van der Waals surface area (Å²) in [6, 6.07) is 32.6. The summed E-state index contributed by atoms with van der Waals surface area (Å²) in [4.78, 5) is 2.20. The van der Waals surface area contributed by atoms with E-state index in [1.807, 2.05) is 36.4 Å². The molecule has 0 aliphatic rings. The number of ether oxygens (including phenoxy) is 2. The van der Waals surface area contributed by atoms with Crippen LogP contribution in [-0.4, -0.2) is 14.2 Å². The summed E-state index contributed by atoms with van der Waals surface area (Å²) in [6.07, 6.45) is 5.47. The van der Waals surface area contributed by atoms with Gasteiger partial charge in [-0.05, 0) is 83.9 Å². The molecule has 0 saturated heterocycles. The van der Waals surface area contributed by atoms with Gasteiger partial charge in [0.05, 0.1) is 14.2 Å². The maximum Gasteiger partial charge on any atom is 0.119 e. The SMILES string of the molecule is C#Cc1ccc(-c2ccc(N(c3ccc(OC)cc3)c3ccc(OC)cc3)cc2)cc1. The van der Waals surface area contributed by atoms with Crippen LogP contribution in [0.4, 0.5) is 17.1 Å². The molecular weight excluding hydrogens is 382 g/mol. The molecule has 0 aliphatic heterocycles. The Bertz CT molecular complexity index is 1120. The van der Waals surface area contributed by atoms with Crippen molar-refractivity contribution in [2.45, 2.75) is 0 Å². The van der Waals surface area contributed by atoms with Crippen LogP contribution < -0.4 is 14.4 Å². The normalized spacial score (nSPS) is 10.2. The topological polar surface area (TPSA) is 21.7 Å². The van der Waals surface area contributed by atoms with Crippen molar-refractivity contribution in [2.24, 2.45) is 0 Å². The highest BCUT2D eigenvalue weighted by atomic mass is 16.5. The van der Waals surface area contributed by atoms with E-state index >= 15 is 0 Å². The summed E-state index contributed by atoms with van der Waals surface area (Å²) in [5, 5.41) is 0. The number of benzene rings is 4. The van der Waals surface area contributed by atoms with Gasteiger partial charge in [0, 0.05) is 22.6 Å². The summed E-state index contributed by atoms with van der Waals surface area (Å²) < 4.78 is 10.6. The van der Waals surface area contributed by atoms with Crippen molar-refractivity contribution in [3.63, 3.8) is 0 Å². The zero-order chi connectivity index (χ0) is 21.6. The molecular formula is C28H23NO2. The lowest BCUT2D eigenvalue weighted by molar-refractivity contribution is 0.415. The summed E-state index contributed by atoms with van der Waals surface area (Å²) >= 11 is 0. The van der Waals surface area contributed by atoms with Gasteiger partial charge in [-0.15, -0.1) is 6.42 Å². The van der Waals surface area contributed by atoms with E-state index in [-0.39, 0.29) is 0 Å². The van der Waals surface area contributed by atoms with Crippen molar-refractivity contribution < 1.29 is 9.47 Å². The molecule has 4 aromatic rings. The zero-order valence-corrected chi connectivity index (χ0v) is 17.6. The quantitative estimate of drug-likeness (QED) is 0.329. The first-order chi connectivity index (χ1) is 15.2. The maximum absolute atomic E-state index is 5.47. The van der Waals surface area contributed by atoms with Gasteiger partial charge in [0.1, 0.15) is 11.5 Å². The Kier molecular flexibility index (Phi) is 5.91. The van der Waals surface area contributed by atoms with Crippen LogP contribution >= 0.6 is 0 Å². The molecule has 0 saturated carbocycles. The average molecular weight is 405 g/mol. The van der Waals surface area contributed by atoms with E-state index in [0.29, 0.717) is 0 Å². The van der Waals surface area contributed by atoms with Crippen LogP contribution in [0.5, 0.6) is 11.5 Å². The molecule has 4 aromatic carbocycles. The summed E-state index contributed by atoms with van der Waals surface area (Å²) in [6.45, 7) is 0. The molecule has 4 rings (SSSR count). The van der Waals surface area contributed by atoms with Gasteiger partial charge in [0.25, 0.3) is 0 Å². The van der Waals surface area contributed by atoms with Crippen LogP contribution in [0.2, 0.25) is 0 Å². The highest BCUT2D eigenvalue weighted by Crippen LogP contribution is 2.37. The molecule has 0 unspecified atom stereocenters. The Morgan fingerprint density at radius 2 is 0.903 bits per heavy atom. The molecule has 3 nitrogen and oxygen atoms in total. The van der Waals surface area contributed by atoms with Crippen LogP contribution in [0.3, 0.4) is 0 Å². The van der Waals surface area contributed by atoms with Crippen molar-refractivity contribution in [3.05, 3.63) is 103 Å². The van der Waals surface area contributed by atoms with Crippen molar-refractivity contribution >= 4 is 17.1 Å². The number of hydrogen-bond acceptors (Lipinski definition) is 3. The van der Waals surface area contributed by atoms with Gasteiger partial charge in [0.2, 0.25) is 0 Å². The number of methoxy groups -OCH3 is 2. The molecule has 152 valence electrons. The lowest BCUT2D eigenvalue weighted by Crippen LogP contribution is -2.09. The highest BCUT2D eigenvalue weighted by Gasteiger charge is 2.13. The summed E-state index contributed by atoms with van der Waals surface area (Å²) in [5.41, 5.74) is 6.28. The van der Waals surface area contributed by atoms with E-state index < -0.39 is 0 Å². The highest BCUT2D eigenvalue weighted by molar-refractivity contribution is 5.78. The van der Waals surface area contributed by atoms with E-state index in [1.54, 1.807) is 14.2 Å². The monoisotopic (exact) mass is 405 g/mol. The second-order valence-electron chi connectivity index (χ2n) is 7.00. The number of terminal acetylenes is 1. The zero-order valence-electron chi connectivity index (χ0n) is 17.6. The first-order valence-electron chi connectivity index (χ1n) is 9.97. The third kappa shape index (κ3) is 4.39. The van der Waals surface area contributed by atoms with Crippen LogP contribution in [-0.2, 0) is 0 Å². The smallest absolute Gasteiger partial charge is 0.119 e. The van der Waals surface area contributed by atoms with Crippen molar-refractivity contribution in [2.75, 3.05) is 19.1 Å². The minimum Gasteiger partial charge on any atom is -0.497 e. The number of anilines is 3. The van der Waals surface area contributed by atoms with Crippen molar-refractivity contribution in [1.82, 2.24) is 0 Å². The van der Waals surface area contributed by atoms with E-state index in [0.717, 1.165) is 45.3 Å². The Morgan fingerprint density at radius 3 is 1.26 bits per heavy atom. The number of hydrogen-bond donors (Lipinski definition) is 0. The van der Waals surface area contributed by atoms with E-state index in [1.165, 1.54) is 0 Å². The maximum atomic E-state index is 5.47. The second-order valence-corrected chi connectivity index (χ2v) is 7.00. The summed E-state index contributed by atoms with van der Waals surface area (Å²) in [5.74, 6) is 4.30. The van der Waals surface area contributed by atoms with Crippen molar-refractivity contribution in [1.29, 1.82) is 0 Å². The molecule has 0 bridgehead atoms. The molecule has 3 heteroatoms. The lowest BCUT2D eigenvalue weighted by atomic mass is 10.0. The predicted octanol–water partition coefficient (Wildman–Crippen LogP) is 6.82. The minimum absolute atomic E-state index is 0.823. The molecule has 0 atom stereocenters. The largest absolute Gasteiger partial charge is 0.497 e. The molecule has 0 aliphatic carbocycles. The third-order valence-corrected chi connectivity index (χ3v) is 5.17. The van der Waals surface area contributed by atoms with Gasteiger partial charge < -0.3 is 14.4 Å². The molecule has 0 aromatic heterocycles. The fraction of sp³-hybridized carbons (Fsp3) is 0.0714. The fourth-order valence-electron chi connectivity index (χ4n) is 3.47. The first kappa shape index (κ1) is 20.1. The molecule has 0 heterocycles. The second kappa shape index (κ2) is 9.11. The molecule has 0 spiro atoms. The number of rotatable bonds is 6. The molecule has 0 N–H and O–H groups in total. The van der Waals surface area contributed by atoms with E-state index in [9.17, 15) is 0 Å². The third-order valence-electron chi connectivity index (χ3n) is 5.17. The Morgan fingerprint density at radius 1 is 0.548 bits per heavy atom. The molecule has 0 radical (unpaired) electrons. The average Bonchev–Trinajstić information content (AvgIpc) is 2.85. The van der Waals surface area contributed by atoms with Crippen LogP contribution in [0.1, 0.15) is 5.56 Å². The van der Waals surface area contributed by atoms with Crippen LogP contribution in [0.15, 0.2) is 97.1 Å². The van der Waals surface area contributed by atoms with Gasteiger partial charge in [-0.3, -0.25) is 0 Å². The molecule has 31 heavy (non-hydrogen) atoms. The Labute approximate surface area is 183 Å². The van der Waals surface area contributed by atoms with E-state index in [4.69, 9.17) is 15.9 Å². The summed E-state index contributed by atoms with van der Waals surface area (Å²) in [7, 11) is 3.34.